The average Bonchev–Trinajstić information content (AvgIpc) is 2.40. The van der Waals surface area contributed by atoms with Crippen LogP contribution in [0.15, 0.2) is 12.1 Å². The average molecular weight is 282 g/mol. The lowest BCUT2D eigenvalue weighted by atomic mass is 9.78. The van der Waals surface area contributed by atoms with Crippen LogP contribution in [-0.2, 0) is 11.3 Å². The van der Waals surface area contributed by atoms with Crippen molar-refractivity contribution in [3.8, 4) is 0 Å². The maximum atomic E-state index is 14.0. The summed E-state index contributed by atoms with van der Waals surface area (Å²) in [6, 6.07) is 2.92. The summed E-state index contributed by atoms with van der Waals surface area (Å²) in [5.74, 6) is -0.594. The van der Waals surface area contributed by atoms with Gasteiger partial charge in [-0.05, 0) is 25.7 Å². The molecule has 2 N–H and O–H groups in total. The molecule has 1 heterocycles. The zero-order valence-corrected chi connectivity index (χ0v) is 11.8. The molecule has 1 saturated heterocycles. The van der Waals surface area contributed by atoms with Crippen molar-refractivity contribution in [2.45, 2.75) is 6.54 Å². The molecule has 0 atom stereocenters. The van der Waals surface area contributed by atoms with Gasteiger partial charge in [0, 0.05) is 30.8 Å². The molecule has 0 aromatic heterocycles. The van der Waals surface area contributed by atoms with Crippen LogP contribution in [0, 0.1) is 5.82 Å². The lowest BCUT2D eigenvalue weighted by molar-refractivity contribution is 0.122. The zero-order chi connectivity index (χ0) is 14.7. The molecule has 0 unspecified atom stereocenters. The highest BCUT2D eigenvalue weighted by Crippen LogP contribution is 2.23. The van der Waals surface area contributed by atoms with Gasteiger partial charge in [-0.3, -0.25) is 0 Å². The van der Waals surface area contributed by atoms with E-state index in [1.54, 1.807) is 0 Å². The van der Waals surface area contributed by atoms with E-state index in [4.69, 9.17) is 4.74 Å². The molecule has 1 aromatic carbocycles. The summed E-state index contributed by atoms with van der Waals surface area (Å²) in [6.45, 7) is 3.26. The molecule has 0 spiro atoms. The van der Waals surface area contributed by atoms with E-state index < -0.39 is 12.9 Å². The molecule has 5 nitrogen and oxygen atoms in total. The Morgan fingerprint density at radius 1 is 1.30 bits per heavy atom. The van der Waals surface area contributed by atoms with Crippen molar-refractivity contribution in [1.29, 1.82) is 0 Å². The fraction of sp³-hybridized carbons (Fsp3) is 0.538. The highest BCUT2D eigenvalue weighted by molar-refractivity contribution is 6.58. The van der Waals surface area contributed by atoms with Gasteiger partial charge in [0.25, 0.3) is 0 Å². The Kier molecular flexibility index (Phi) is 4.98. The second kappa shape index (κ2) is 6.54. The van der Waals surface area contributed by atoms with Gasteiger partial charge in [-0.25, -0.2) is 4.39 Å². The topological polar surface area (TPSA) is 56.2 Å². The SMILES string of the molecule is CN(C)Cc1cc(B(O)O)c(F)cc1N1CCOCC1. The predicted octanol–water partition coefficient (Wildman–Crippen LogP) is -0.596. The van der Waals surface area contributed by atoms with Gasteiger partial charge in [0.15, 0.2) is 0 Å². The van der Waals surface area contributed by atoms with E-state index in [0.717, 1.165) is 11.3 Å². The highest BCUT2D eigenvalue weighted by atomic mass is 19.1. The number of benzene rings is 1. The Bertz CT molecular complexity index is 465. The molecular weight excluding hydrogens is 262 g/mol. The molecule has 7 heteroatoms. The van der Waals surface area contributed by atoms with Crippen LogP contribution in [-0.4, -0.2) is 62.5 Å². The van der Waals surface area contributed by atoms with Crippen LogP contribution in [0.1, 0.15) is 5.56 Å². The number of hydrogen-bond donors (Lipinski definition) is 2. The van der Waals surface area contributed by atoms with Crippen LogP contribution >= 0.6 is 0 Å². The van der Waals surface area contributed by atoms with E-state index in [2.05, 4.69) is 4.90 Å². The Labute approximate surface area is 118 Å². The minimum atomic E-state index is -1.80. The molecule has 110 valence electrons. The molecule has 1 aliphatic rings. The van der Waals surface area contributed by atoms with Crippen molar-refractivity contribution in [1.82, 2.24) is 4.90 Å². The molecule has 0 radical (unpaired) electrons. The zero-order valence-electron chi connectivity index (χ0n) is 11.8. The molecule has 20 heavy (non-hydrogen) atoms. The molecule has 1 aliphatic heterocycles. The van der Waals surface area contributed by atoms with Crippen molar-refractivity contribution < 1.29 is 19.2 Å². The lowest BCUT2D eigenvalue weighted by Crippen LogP contribution is -2.39. The lowest BCUT2D eigenvalue weighted by Gasteiger charge is -2.31. The van der Waals surface area contributed by atoms with Crippen molar-refractivity contribution in [2.75, 3.05) is 45.3 Å². The first kappa shape index (κ1) is 15.2. The van der Waals surface area contributed by atoms with Crippen LogP contribution < -0.4 is 10.4 Å². The van der Waals surface area contributed by atoms with Crippen molar-refractivity contribution >= 4 is 18.3 Å². The molecule has 0 saturated carbocycles. The smallest absolute Gasteiger partial charge is 0.423 e. The van der Waals surface area contributed by atoms with Crippen LogP contribution in [0.4, 0.5) is 10.1 Å². The number of nitrogens with zero attached hydrogens (tertiary/aromatic N) is 2. The number of rotatable bonds is 4. The third-order valence-electron chi connectivity index (χ3n) is 3.31. The normalized spacial score (nSPS) is 15.8. The quantitative estimate of drug-likeness (QED) is 0.723. The highest BCUT2D eigenvalue weighted by Gasteiger charge is 2.22. The summed E-state index contributed by atoms with van der Waals surface area (Å²) in [5.41, 5.74) is 1.59. The third-order valence-corrected chi connectivity index (χ3v) is 3.31. The number of halogens is 1. The predicted molar refractivity (Wildman–Crippen MR) is 76.6 cm³/mol. The fourth-order valence-electron chi connectivity index (χ4n) is 2.39. The van der Waals surface area contributed by atoms with E-state index in [0.29, 0.717) is 32.8 Å². The van der Waals surface area contributed by atoms with Crippen molar-refractivity contribution in [3.05, 3.63) is 23.5 Å². The molecular formula is C13H20BFN2O3. The van der Waals surface area contributed by atoms with Gasteiger partial charge >= 0.3 is 7.12 Å². The summed E-state index contributed by atoms with van der Waals surface area (Å²) >= 11 is 0. The van der Waals surface area contributed by atoms with Crippen molar-refractivity contribution in [3.63, 3.8) is 0 Å². The number of ether oxygens (including phenoxy) is 1. The van der Waals surface area contributed by atoms with E-state index in [-0.39, 0.29) is 5.46 Å². The van der Waals surface area contributed by atoms with Gasteiger partial charge in [-0.1, -0.05) is 6.07 Å². The molecule has 0 aliphatic carbocycles. The molecule has 1 aromatic rings. The van der Waals surface area contributed by atoms with Gasteiger partial charge in [-0.15, -0.1) is 0 Å². The van der Waals surface area contributed by atoms with Crippen LogP contribution in [0.3, 0.4) is 0 Å². The molecule has 0 amide bonds. The Morgan fingerprint density at radius 3 is 2.50 bits per heavy atom. The summed E-state index contributed by atoms with van der Waals surface area (Å²) in [6.07, 6.45) is 0. The first-order valence-electron chi connectivity index (χ1n) is 6.65. The molecule has 0 bridgehead atoms. The summed E-state index contributed by atoms with van der Waals surface area (Å²) in [5, 5.41) is 18.5. The molecule has 2 rings (SSSR count). The summed E-state index contributed by atoms with van der Waals surface area (Å²) < 4.78 is 19.3. The van der Waals surface area contributed by atoms with E-state index in [9.17, 15) is 14.4 Å². The minimum absolute atomic E-state index is 0.0844. The number of anilines is 1. The van der Waals surface area contributed by atoms with Crippen molar-refractivity contribution in [2.24, 2.45) is 0 Å². The number of morpholine rings is 1. The van der Waals surface area contributed by atoms with Gasteiger partial charge in [0.1, 0.15) is 5.82 Å². The monoisotopic (exact) mass is 282 g/mol. The standard InChI is InChI=1S/C13H20BFN2O3/c1-16(2)9-10-7-11(14(18)19)12(15)8-13(10)17-3-5-20-6-4-17/h7-8,18-19H,3-6,9H2,1-2H3. The van der Waals surface area contributed by atoms with Crippen LogP contribution in [0.5, 0.6) is 0 Å². The fourth-order valence-corrected chi connectivity index (χ4v) is 2.39. The Morgan fingerprint density at radius 2 is 1.95 bits per heavy atom. The first-order valence-corrected chi connectivity index (χ1v) is 6.65. The van der Waals surface area contributed by atoms with Gasteiger partial charge in [0.05, 0.1) is 13.2 Å². The van der Waals surface area contributed by atoms with Gasteiger partial charge in [0.2, 0.25) is 0 Å². The maximum Gasteiger partial charge on any atom is 0.491 e. The Hall–Kier alpha value is -1.15. The molecule has 1 fully saturated rings. The summed E-state index contributed by atoms with van der Waals surface area (Å²) in [4.78, 5) is 4.03. The summed E-state index contributed by atoms with van der Waals surface area (Å²) in [7, 11) is 2.04. The maximum absolute atomic E-state index is 14.0. The Balaban J connectivity index is 2.39. The van der Waals surface area contributed by atoms with Gasteiger partial charge < -0.3 is 24.6 Å². The van der Waals surface area contributed by atoms with E-state index >= 15 is 0 Å². The number of hydrogen-bond acceptors (Lipinski definition) is 5. The minimum Gasteiger partial charge on any atom is -0.423 e. The third kappa shape index (κ3) is 3.49. The first-order chi connectivity index (χ1) is 9.49. The second-order valence-corrected chi connectivity index (χ2v) is 5.21. The van der Waals surface area contributed by atoms with E-state index in [1.807, 2.05) is 19.0 Å². The van der Waals surface area contributed by atoms with Crippen LogP contribution in [0.25, 0.3) is 0 Å². The largest absolute Gasteiger partial charge is 0.491 e. The second-order valence-electron chi connectivity index (χ2n) is 5.21. The van der Waals surface area contributed by atoms with E-state index in [1.165, 1.54) is 12.1 Å². The van der Waals surface area contributed by atoms with Gasteiger partial charge in [-0.2, -0.15) is 0 Å². The van der Waals surface area contributed by atoms with Crippen LogP contribution in [0.2, 0.25) is 0 Å².